The lowest BCUT2D eigenvalue weighted by Gasteiger charge is -2.27. The maximum Gasteiger partial charge on any atom is 0.303 e. The second kappa shape index (κ2) is 6.49. The number of ether oxygens (including phenoxy) is 1. The highest BCUT2D eigenvalue weighted by Gasteiger charge is 2.35. The molecule has 110 valence electrons. The van der Waals surface area contributed by atoms with Crippen LogP contribution in [0.2, 0.25) is 5.02 Å². The number of benzene rings is 1. The first-order valence-electron chi connectivity index (χ1n) is 7.09. The second-order valence-electron chi connectivity index (χ2n) is 5.73. The van der Waals surface area contributed by atoms with Gasteiger partial charge in [0.2, 0.25) is 0 Å². The van der Waals surface area contributed by atoms with Gasteiger partial charge in [-0.05, 0) is 48.8 Å². The van der Waals surface area contributed by atoms with Crippen molar-refractivity contribution in [2.75, 3.05) is 7.11 Å². The highest BCUT2D eigenvalue weighted by atomic mass is 35.5. The number of carbonyl (C=O) groups is 1. The van der Waals surface area contributed by atoms with Gasteiger partial charge in [0.05, 0.1) is 13.5 Å². The van der Waals surface area contributed by atoms with Gasteiger partial charge in [-0.2, -0.15) is 0 Å². The lowest BCUT2D eigenvalue weighted by Crippen LogP contribution is -2.21. The second-order valence-corrected chi connectivity index (χ2v) is 6.14. The van der Waals surface area contributed by atoms with Crippen LogP contribution in [0.15, 0.2) is 18.2 Å². The molecular formula is C16H21ClO3. The molecule has 1 N–H and O–H groups in total. The summed E-state index contributed by atoms with van der Waals surface area (Å²) in [6.07, 6.45) is 6.33. The SMILES string of the molecule is COc1ccc(CCC2(CC(=O)O)CCCC2)c(Cl)c1. The summed E-state index contributed by atoms with van der Waals surface area (Å²) < 4.78 is 5.14. The molecule has 4 heteroatoms. The Labute approximate surface area is 124 Å². The summed E-state index contributed by atoms with van der Waals surface area (Å²) in [6, 6.07) is 5.69. The summed E-state index contributed by atoms with van der Waals surface area (Å²) in [6.45, 7) is 0. The lowest BCUT2D eigenvalue weighted by molar-refractivity contribution is -0.139. The molecule has 1 aromatic rings. The lowest BCUT2D eigenvalue weighted by atomic mass is 9.77. The van der Waals surface area contributed by atoms with Crippen LogP contribution in [0.4, 0.5) is 0 Å². The molecule has 0 heterocycles. The van der Waals surface area contributed by atoms with Crippen molar-refractivity contribution in [2.24, 2.45) is 5.41 Å². The monoisotopic (exact) mass is 296 g/mol. The average molecular weight is 297 g/mol. The predicted molar refractivity (Wildman–Crippen MR) is 79.5 cm³/mol. The minimum atomic E-state index is -0.687. The Morgan fingerprint density at radius 3 is 2.65 bits per heavy atom. The number of rotatable bonds is 6. The van der Waals surface area contributed by atoms with Crippen LogP contribution in [0.3, 0.4) is 0 Å². The summed E-state index contributed by atoms with van der Waals surface area (Å²) in [4.78, 5) is 11.1. The molecule has 0 atom stereocenters. The third kappa shape index (κ3) is 3.66. The molecule has 3 nitrogen and oxygen atoms in total. The smallest absolute Gasteiger partial charge is 0.303 e. The van der Waals surface area contributed by atoms with Gasteiger partial charge < -0.3 is 9.84 Å². The van der Waals surface area contributed by atoms with Crippen LogP contribution >= 0.6 is 11.6 Å². The molecule has 0 saturated heterocycles. The third-order valence-corrected chi connectivity index (χ3v) is 4.73. The molecule has 0 radical (unpaired) electrons. The van der Waals surface area contributed by atoms with Gasteiger partial charge in [0.15, 0.2) is 0 Å². The van der Waals surface area contributed by atoms with E-state index in [4.69, 9.17) is 21.4 Å². The zero-order valence-electron chi connectivity index (χ0n) is 11.8. The van der Waals surface area contributed by atoms with E-state index < -0.39 is 5.97 Å². The van der Waals surface area contributed by atoms with Crippen molar-refractivity contribution < 1.29 is 14.6 Å². The van der Waals surface area contributed by atoms with E-state index in [0.29, 0.717) is 5.02 Å². The van der Waals surface area contributed by atoms with Crippen LogP contribution < -0.4 is 4.74 Å². The number of aryl methyl sites for hydroxylation is 1. The Bertz CT molecular complexity index is 479. The molecule has 0 unspecified atom stereocenters. The molecule has 0 spiro atoms. The van der Waals surface area contributed by atoms with Crippen LogP contribution in [0.25, 0.3) is 0 Å². The van der Waals surface area contributed by atoms with E-state index >= 15 is 0 Å². The number of halogens is 1. The molecule has 1 aromatic carbocycles. The van der Waals surface area contributed by atoms with Gasteiger partial charge in [0, 0.05) is 5.02 Å². The third-order valence-electron chi connectivity index (χ3n) is 4.38. The van der Waals surface area contributed by atoms with E-state index in [1.165, 1.54) is 0 Å². The number of carboxylic acid groups (broad SMARTS) is 1. The van der Waals surface area contributed by atoms with E-state index in [0.717, 1.165) is 49.8 Å². The number of hydrogen-bond acceptors (Lipinski definition) is 2. The molecule has 0 aliphatic heterocycles. The maximum atomic E-state index is 11.1. The highest BCUT2D eigenvalue weighted by molar-refractivity contribution is 6.31. The van der Waals surface area contributed by atoms with Gasteiger partial charge in [-0.1, -0.05) is 30.5 Å². The zero-order chi connectivity index (χ0) is 14.6. The van der Waals surface area contributed by atoms with Gasteiger partial charge in [-0.3, -0.25) is 4.79 Å². The minimum absolute atomic E-state index is 0.0326. The fourth-order valence-electron chi connectivity index (χ4n) is 3.22. The van der Waals surface area contributed by atoms with Crippen molar-refractivity contribution in [1.82, 2.24) is 0 Å². The first-order valence-corrected chi connectivity index (χ1v) is 7.47. The molecule has 0 amide bonds. The van der Waals surface area contributed by atoms with Crippen molar-refractivity contribution in [3.05, 3.63) is 28.8 Å². The molecule has 2 rings (SSSR count). The Morgan fingerprint density at radius 1 is 1.40 bits per heavy atom. The van der Waals surface area contributed by atoms with E-state index in [1.807, 2.05) is 18.2 Å². The van der Waals surface area contributed by atoms with Crippen LogP contribution in [0.1, 0.15) is 44.1 Å². The van der Waals surface area contributed by atoms with Crippen LogP contribution in [-0.2, 0) is 11.2 Å². The summed E-state index contributed by atoms with van der Waals surface area (Å²) >= 11 is 6.25. The molecule has 0 aromatic heterocycles. The molecule has 1 saturated carbocycles. The minimum Gasteiger partial charge on any atom is -0.497 e. The summed E-state index contributed by atoms with van der Waals surface area (Å²) in [5, 5.41) is 9.82. The van der Waals surface area contributed by atoms with Gasteiger partial charge in [-0.15, -0.1) is 0 Å². The molecule has 0 bridgehead atoms. The topological polar surface area (TPSA) is 46.5 Å². The Morgan fingerprint density at radius 2 is 2.10 bits per heavy atom. The first kappa shape index (κ1) is 15.2. The quantitative estimate of drug-likeness (QED) is 0.850. The largest absolute Gasteiger partial charge is 0.497 e. The van der Waals surface area contributed by atoms with Crippen LogP contribution in [0, 0.1) is 5.41 Å². The Kier molecular flexibility index (Phi) is 4.92. The molecule has 1 aliphatic rings. The van der Waals surface area contributed by atoms with Crippen LogP contribution in [-0.4, -0.2) is 18.2 Å². The van der Waals surface area contributed by atoms with Gasteiger partial charge in [0.1, 0.15) is 5.75 Å². The predicted octanol–water partition coefficient (Wildman–Crippen LogP) is 4.32. The van der Waals surface area contributed by atoms with Crippen molar-refractivity contribution in [2.45, 2.75) is 44.9 Å². The summed E-state index contributed by atoms with van der Waals surface area (Å²) in [5.41, 5.74) is 1.04. The van der Waals surface area contributed by atoms with Gasteiger partial charge in [0.25, 0.3) is 0 Å². The van der Waals surface area contributed by atoms with Crippen LogP contribution in [0.5, 0.6) is 5.75 Å². The van der Waals surface area contributed by atoms with E-state index in [9.17, 15) is 4.79 Å². The van der Waals surface area contributed by atoms with Crippen molar-refractivity contribution in [3.63, 3.8) is 0 Å². The Balaban J connectivity index is 2.04. The number of aliphatic carboxylic acids is 1. The van der Waals surface area contributed by atoms with E-state index in [1.54, 1.807) is 7.11 Å². The van der Waals surface area contributed by atoms with Crippen molar-refractivity contribution in [3.8, 4) is 5.75 Å². The first-order chi connectivity index (χ1) is 9.54. The standard InChI is InChI=1S/C16H21ClO3/c1-20-13-5-4-12(14(17)10-13)6-9-16(11-15(18)19)7-2-3-8-16/h4-5,10H,2-3,6-9,11H2,1H3,(H,18,19). The van der Waals surface area contributed by atoms with Crippen molar-refractivity contribution >= 4 is 17.6 Å². The van der Waals surface area contributed by atoms with Gasteiger partial charge >= 0.3 is 5.97 Å². The van der Waals surface area contributed by atoms with Crippen molar-refractivity contribution in [1.29, 1.82) is 0 Å². The fraction of sp³-hybridized carbons (Fsp3) is 0.562. The summed E-state index contributed by atoms with van der Waals surface area (Å²) in [7, 11) is 1.62. The van der Waals surface area contributed by atoms with E-state index in [-0.39, 0.29) is 11.8 Å². The average Bonchev–Trinajstić information content (AvgIpc) is 2.85. The number of methoxy groups -OCH3 is 1. The number of carboxylic acids is 1. The highest BCUT2D eigenvalue weighted by Crippen LogP contribution is 2.45. The molecule has 1 aliphatic carbocycles. The van der Waals surface area contributed by atoms with E-state index in [2.05, 4.69) is 0 Å². The maximum absolute atomic E-state index is 11.1. The normalized spacial score (nSPS) is 17.1. The fourth-order valence-corrected chi connectivity index (χ4v) is 3.48. The summed E-state index contributed by atoms with van der Waals surface area (Å²) in [5.74, 6) is 0.0626. The van der Waals surface area contributed by atoms with Gasteiger partial charge in [-0.25, -0.2) is 0 Å². The Hall–Kier alpha value is -1.22. The molecule has 20 heavy (non-hydrogen) atoms. The molecule has 1 fully saturated rings. The molecular weight excluding hydrogens is 276 g/mol. The number of hydrogen-bond donors (Lipinski definition) is 1. The zero-order valence-corrected chi connectivity index (χ0v) is 12.6.